The number of hydrogen-bond donors (Lipinski definition) is 2. The van der Waals surface area contributed by atoms with Crippen molar-refractivity contribution in [2.75, 3.05) is 13.7 Å². The number of rotatable bonds is 6. The SMILES string of the molecule is COc1ccc(OC(C)C(=O)NC2CCCC2CN)cc1. The second-order valence-electron chi connectivity index (χ2n) is 5.48. The van der Waals surface area contributed by atoms with Crippen LogP contribution in [0.15, 0.2) is 24.3 Å². The van der Waals surface area contributed by atoms with E-state index in [4.69, 9.17) is 15.2 Å². The molecule has 1 aromatic carbocycles. The summed E-state index contributed by atoms with van der Waals surface area (Å²) < 4.78 is 10.7. The van der Waals surface area contributed by atoms with Crippen LogP contribution in [0, 0.1) is 5.92 Å². The van der Waals surface area contributed by atoms with Gasteiger partial charge in [-0.25, -0.2) is 0 Å². The fraction of sp³-hybridized carbons (Fsp3) is 0.562. The highest BCUT2D eigenvalue weighted by atomic mass is 16.5. The average Bonchev–Trinajstić information content (AvgIpc) is 2.95. The van der Waals surface area contributed by atoms with Gasteiger partial charge in [0.25, 0.3) is 5.91 Å². The van der Waals surface area contributed by atoms with E-state index in [1.165, 1.54) is 0 Å². The molecule has 1 saturated carbocycles. The van der Waals surface area contributed by atoms with Crippen LogP contribution in [0.2, 0.25) is 0 Å². The Hall–Kier alpha value is -1.75. The number of nitrogens with two attached hydrogens (primary N) is 1. The number of benzene rings is 1. The zero-order valence-corrected chi connectivity index (χ0v) is 12.7. The molecule has 21 heavy (non-hydrogen) atoms. The minimum absolute atomic E-state index is 0.0869. The van der Waals surface area contributed by atoms with Gasteiger partial charge in [0.05, 0.1) is 7.11 Å². The number of ether oxygens (including phenoxy) is 2. The minimum Gasteiger partial charge on any atom is -0.497 e. The summed E-state index contributed by atoms with van der Waals surface area (Å²) in [6.45, 7) is 2.38. The van der Waals surface area contributed by atoms with Crippen molar-refractivity contribution in [1.82, 2.24) is 5.32 Å². The summed E-state index contributed by atoms with van der Waals surface area (Å²) in [5.74, 6) is 1.72. The van der Waals surface area contributed by atoms with Crippen LogP contribution in [-0.2, 0) is 4.79 Å². The third-order valence-electron chi connectivity index (χ3n) is 4.03. The molecule has 2 rings (SSSR count). The largest absolute Gasteiger partial charge is 0.497 e. The van der Waals surface area contributed by atoms with E-state index < -0.39 is 6.10 Å². The molecule has 3 atom stereocenters. The van der Waals surface area contributed by atoms with E-state index in [9.17, 15) is 4.79 Å². The van der Waals surface area contributed by atoms with Crippen LogP contribution in [0.3, 0.4) is 0 Å². The predicted molar refractivity (Wildman–Crippen MR) is 81.4 cm³/mol. The molecular weight excluding hydrogens is 268 g/mol. The summed E-state index contributed by atoms with van der Waals surface area (Å²) in [5.41, 5.74) is 5.73. The lowest BCUT2D eigenvalue weighted by molar-refractivity contribution is -0.128. The summed E-state index contributed by atoms with van der Waals surface area (Å²) in [5, 5.41) is 3.05. The van der Waals surface area contributed by atoms with Gasteiger partial charge in [-0.3, -0.25) is 4.79 Å². The Bertz CT molecular complexity index is 461. The molecule has 3 N–H and O–H groups in total. The van der Waals surface area contributed by atoms with E-state index >= 15 is 0 Å². The molecule has 0 saturated heterocycles. The standard InChI is InChI=1S/C16H24N2O3/c1-11(21-14-8-6-13(20-2)7-9-14)16(19)18-15-5-3-4-12(15)10-17/h6-9,11-12,15H,3-5,10,17H2,1-2H3,(H,18,19). The van der Waals surface area contributed by atoms with Crippen molar-refractivity contribution in [3.8, 4) is 11.5 Å². The van der Waals surface area contributed by atoms with Gasteiger partial charge < -0.3 is 20.5 Å². The summed E-state index contributed by atoms with van der Waals surface area (Å²) >= 11 is 0. The molecule has 1 aliphatic rings. The molecule has 1 fully saturated rings. The van der Waals surface area contributed by atoms with E-state index in [1.807, 2.05) is 0 Å². The van der Waals surface area contributed by atoms with Gasteiger partial charge in [0, 0.05) is 6.04 Å². The lowest BCUT2D eigenvalue weighted by Gasteiger charge is -2.22. The van der Waals surface area contributed by atoms with Crippen LogP contribution < -0.4 is 20.5 Å². The predicted octanol–water partition coefficient (Wildman–Crippen LogP) is 1.71. The Kier molecular flexibility index (Phi) is 5.44. The zero-order chi connectivity index (χ0) is 15.2. The first-order chi connectivity index (χ1) is 10.1. The molecule has 0 aliphatic heterocycles. The highest BCUT2D eigenvalue weighted by Gasteiger charge is 2.29. The Morgan fingerprint density at radius 1 is 1.33 bits per heavy atom. The van der Waals surface area contributed by atoms with Crippen LogP contribution in [-0.4, -0.2) is 31.7 Å². The quantitative estimate of drug-likeness (QED) is 0.837. The highest BCUT2D eigenvalue weighted by molar-refractivity contribution is 5.81. The Morgan fingerprint density at radius 2 is 2.00 bits per heavy atom. The molecular formula is C16H24N2O3. The van der Waals surface area contributed by atoms with Crippen molar-refractivity contribution >= 4 is 5.91 Å². The van der Waals surface area contributed by atoms with Crippen LogP contribution in [0.1, 0.15) is 26.2 Å². The number of methoxy groups -OCH3 is 1. The monoisotopic (exact) mass is 292 g/mol. The fourth-order valence-corrected chi connectivity index (χ4v) is 2.72. The van der Waals surface area contributed by atoms with Crippen LogP contribution in [0.25, 0.3) is 0 Å². The average molecular weight is 292 g/mol. The van der Waals surface area contributed by atoms with Gasteiger partial charge in [-0.2, -0.15) is 0 Å². The zero-order valence-electron chi connectivity index (χ0n) is 12.7. The van der Waals surface area contributed by atoms with Crippen molar-refractivity contribution in [2.45, 2.75) is 38.3 Å². The van der Waals surface area contributed by atoms with Crippen molar-refractivity contribution in [3.05, 3.63) is 24.3 Å². The maximum atomic E-state index is 12.2. The van der Waals surface area contributed by atoms with Gasteiger partial charge in [0.2, 0.25) is 0 Å². The maximum absolute atomic E-state index is 12.2. The molecule has 5 nitrogen and oxygen atoms in total. The highest BCUT2D eigenvalue weighted by Crippen LogP contribution is 2.25. The van der Waals surface area contributed by atoms with Crippen molar-refractivity contribution in [1.29, 1.82) is 0 Å². The molecule has 116 valence electrons. The first-order valence-electron chi connectivity index (χ1n) is 7.45. The minimum atomic E-state index is -0.530. The summed E-state index contributed by atoms with van der Waals surface area (Å²) in [6, 6.07) is 7.38. The first-order valence-corrected chi connectivity index (χ1v) is 7.45. The third kappa shape index (κ3) is 4.11. The molecule has 0 heterocycles. The van der Waals surface area contributed by atoms with Gasteiger partial charge in [-0.05, 0) is 56.5 Å². The Balaban J connectivity index is 1.86. The van der Waals surface area contributed by atoms with E-state index in [0.717, 1.165) is 25.0 Å². The van der Waals surface area contributed by atoms with E-state index in [2.05, 4.69) is 5.32 Å². The Morgan fingerprint density at radius 3 is 2.62 bits per heavy atom. The van der Waals surface area contributed by atoms with Crippen molar-refractivity contribution < 1.29 is 14.3 Å². The lowest BCUT2D eigenvalue weighted by Crippen LogP contribution is -2.45. The number of carbonyl (C=O) groups excluding carboxylic acids is 1. The second kappa shape index (κ2) is 7.31. The van der Waals surface area contributed by atoms with Gasteiger partial charge in [-0.1, -0.05) is 6.42 Å². The van der Waals surface area contributed by atoms with Gasteiger partial charge >= 0.3 is 0 Å². The van der Waals surface area contributed by atoms with E-state index in [0.29, 0.717) is 18.2 Å². The normalized spacial score (nSPS) is 22.6. The second-order valence-corrected chi connectivity index (χ2v) is 5.48. The number of nitrogens with one attached hydrogen (secondary N) is 1. The van der Waals surface area contributed by atoms with Crippen LogP contribution >= 0.6 is 0 Å². The van der Waals surface area contributed by atoms with E-state index in [1.54, 1.807) is 38.3 Å². The molecule has 0 bridgehead atoms. The van der Waals surface area contributed by atoms with Crippen LogP contribution in [0.5, 0.6) is 11.5 Å². The molecule has 0 aromatic heterocycles. The van der Waals surface area contributed by atoms with Gasteiger partial charge in [0.15, 0.2) is 6.10 Å². The number of carbonyl (C=O) groups is 1. The van der Waals surface area contributed by atoms with Crippen LogP contribution in [0.4, 0.5) is 0 Å². The Labute approximate surface area is 125 Å². The molecule has 0 spiro atoms. The first kappa shape index (κ1) is 15.6. The van der Waals surface area contributed by atoms with Gasteiger partial charge in [0.1, 0.15) is 11.5 Å². The molecule has 3 unspecified atom stereocenters. The van der Waals surface area contributed by atoms with Crippen molar-refractivity contribution in [2.24, 2.45) is 11.7 Å². The van der Waals surface area contributed by atoms with E-state index in [-0.39, 0.29) is 11.9 Å². The number of amides is 1. The molecule has 5 heteroatoms. The van der Waals surface area contributed by atoms with Crippen molar-refractivity contribution in [3.63, 3.8) is 0 Å². The topological polar surface area (TPSA) is 73.6 Å². The fourth-order valence-electron chi connectivity index (χ4n) is 2.72. The van der Waals surface area contributed by atoms with Gasteiger partial charge in [-0.15, -0.1) is 0 Å². The smallest absolute Gasteiger partial charge is 0.261 e. The molecule has 1 amide bonds. The lowest BCUT2D eigenvalue weighted by atomic mass is 10.0. The molecule has 1 aromatic rings. The number of hydrogen-bond acceptors (Lipinski definition) is 4. The third-order valence-corrected chi connectivity index (χ3v) is 4.03. The summed E-state index contributed by atoms with van der Waals surface area (Å²) in [6.07, 6.45) is 2.69. The molecule has 0 radical (unpaired) electrons. The summed E-state index contributed by atoms with van der Waals surface area (Å²) in [4.78, 5) is 12.2. The maximum Gasteiger partial charge on any atom is 0.261 e. The molecule has 1 aliphatic carbocycles. The summed E-state index contributed by atoms with van der Waals surface area (Å²) in [7, 11) is 1.61.